The Morgan fingerprint density at radius 2 is 1.95 bits per heavy atom. The highest BCUT2D eigenvalue weighted by molar-refractivity contribution is 7.15. The van der Waals surface area contributed by atoms with Crippen LogP contribution in [0.3, 0.4) is 0 Å². The summed E-state index contributed by atoms with van der Waals surface area (Å²) in [6, 6.07) is 8.17. The fraction of sp³-hybridized carbons (Fsp3) is 0.353. The summed E-state index contributed by atoms with van der Waals surface area (Å²) in [6.45, 7) is 4.94. The van der Waals surface area contributed by atoms with Crippen molar-refractivity contribution in [2.45, 2.75) is 33.1 Å². The van der Waals surface area contributed by atoms with Crippen molar-refractivity contribution in [1.29, 1.82) is 0 Å². The van der Waals surface area contributed by atoms with E-state index in [9.17, 15) is 0 Å². The van der Waals surface area contributed by atoms with Crippen LogP contribution in [0.5, 0.6) is 5.75 Å². The molecule has 0 amide bonds. The molecule has 0 spiro atoms. The smallest absolute Gasteiger partial charge is 0.123 e. The lowest BCUT2D eigenvalue weighted by atomic mass is 10.2. The van der Waals surface area contributed by atoms with Gasteiger partial charge in [-0.15, -0.1) is 11.3 Å². The molecule has 3 heteroatoms. The Morgan fingerprint density at radius 1 is 1.15 bits per heavy atom. The topological polar surface area (TPSA) is 22.1 Å². The molecule has 106 valence electrons. The maximum absolute atomic E-state index is 5.64. The van der Waals surface area contributed by atoms with Gasteiger partial charge in [-0.3, -0.25) is 0 Å². The molecule has 2 aromatic rings. The first-order chi connectivity index (χ1) is 9.83. The van der Waals surface area contributed by atoms with E-state index in [1.807, 2.05) is 24.4 Å². The molecule has 2 rings (SSSR count). The van der Waals surface area contributed by atoms with Crippen LogP contribution in [0, 0.1) is 0 Å². The highest BCUT2D eigenvalue weighted by atomic mass is 32.1. The molecule has 0 N–H and O–H groups in total. The number of aryl methyl sites for hydroxylation is 1. The SMILES string of the molecule is CC/C=C/COc1ccc(-c2ncc(CCC)s2)cc1. The number of rotatable bonds is 7. The molecule has 1 aromatic heterocycles. The molecule has 0 atom stereocenters. The molecule has 0 aliphatic rings. The molecule has 0 aliphatic heterocycles. The molecular weight excluding hydrogens is 266 g/mol. The van der Waals surface area contributed by atoms with Crippen molar-refractivity contribution >= 4 is 11.3 Å². The van der Waals surface area contributed by atoms with Crippen LogP contribution in [-0.2, 0) is 6.42 Å². The summed E-state index contributed by atoms with van der Waals surface area (Å²) in [5.41, 5.74) is 1.16. The summed E-state index contributed by atoms with van der Waals surface area (Å²) < 4.78 is 5.64. The Kier molecular flexibility index (Phi) is 5.81. The lowest BCUT2D eigenvalue weighted by Gasteiger charge is -2.03. The van der Waals surface area contributed by atoms with Gasteiger partial charge in [0.2, 0.25) is 0 Å². The van der Waals surface area contributed by atoms with Crippen LogP contribution in [0.1, 0.15) is 31.6 Å². The molecule has 0 fully saturated rings. The third-order valence-corrected chi connectivity index (χ3v) is 4.01. The van der Waals surface area contributed by atoms with Gasteiger partial charge >= 0.3 is 0 Å². The van der Waals surface area contributed by atoms with Crippen LogP contribution in [0.15, 0.2) is 42.6 Å². The number of benzene rings is 1. The zero-order valence-corrected chi connectivity index (χ0v) is 13.0. The minimum atomic E-state index is 0.630. The summed E-state index contributed by atoms with van der Waals surface area (Å²) in [7, 11) is 0. The van der Waals surface area contributed by atoms with E-state index in [1.165, 1.54) is 11.3 Å². The second kappa shape index (κ2) is 7.85. The highest BCUT2D eigenvalue weighted by Crippen LogP contribution is 2.27. The Balaban J connectivity index is 1.98. The van der Waals surface area contributed by atoms with Crippen molar-refractivity contribution in [1.82, 2.24) is 4.98 Å². The Bertz CT molecular complexity index is 542. The first-order valence-electron chi connectivity index (χ1n) is 7.16. The van der Waals surface area contributed by atoms with E-state index in [0.29, 0.717) is 6.61 Å². The van der Waals surface area contributed by atoms with Gasteiger partial charge in [0.1, 0.15) is 17.4 Å². The van der Waals surface area contributed by atoms with Crippen molar-refractivity contribution in [2.24, 2.45) is 0 Å². The van der Waals surface area contributed by atoms with E-state index in [2.05, 4.69) is 37.0 Å². The maximum atomic E-state index is 5.64. The Hall–Kier alpha value is -1.61. The molecule has 20 heavy (non-hydrogen) atoms. The molecular formula is C17H21NOS. The van der Waals surface area contributed by atoms with Crippen LogP contribution in [0.4, 0.5) is 0 Å². The molecule has 0 aliphatic carbocycles. The third kappa shape index (κ3) is 4.20. The molecule has 0 unspecified atom stereocenters. The van der Waals surface area contributed by atoms with Gasteiger partial charge in [-0.2, -0.15) is 0 Å². The second-order valence-electron chi connectivity index (χ2n) is 4.60. The summed E-state index contributed by atoms with van der Waals surface area (Å²) in [4.78, 5) is 5.84. The molecule has 0 radical (unpaired) electrons. The molecule has 2 nitrogen and oxygen atoms in total. The fourth-order valence-corrected chi connectivity index (χ4v) is 2.90. The summed E-state index contributed by atoms with van der Waals surface area (Å²) in [6.07, 6.45) is 9.48. The van der Waals surface area contributed by atoms with Crippen molar-refractivity contribution < 1.29 is 4.74 Å². The van der Waals surface area contributed by atoms with Crippen molar-refractivity contribution in [3.63, 3.8) is 0 Å². The number of allylic oxidation sites excluding steroid dienone is 1. The van der Waals surface area contributed by atoms with E-state index in [1.54, 1.807) is 11.3 Å². The second-order valence-corrected chi connectivity index (χ2v) is 5.71. The molecule has 1 heterocycles. The van der Waals surface area contributed by atoms with Gasteiger partial charge in [0, 0.05) is 16.6 Å². The van der Waals surface area contributed by atoms with Gasteiger partial charge < -0.3 is 4.74 Å². The van der Waals surface area contributed by atoms with Gasteiger partial charge in [-0.05, 0) is 37.1 Å². The van der Waals surface area contributed by atoms with Gasteiger partial charge in [-0.1, -0.05) is 32.4 Å². The van der Waals surface area contributed by atoms with Crippen LogP contribution in [-0.4, -0.2) is 11.6 Å². The number of hydrogen-bond donors (Lipinski definition) is 0. The van der Waals surface area contributed by atoms with E-state index in [-0.39, 0.29) is 0 Å². The molecule has 0 saturated heterocycles. The van der Waals surface area contributed by atoms with E-state index < -0.39 is 0 Å². The Labute approximate surface area is 125 Å². The fourth-order valence-electron chi connectivity index (χ4n) is 1.88. The van der Waals surface area contributed by atoms with Crippen LogP contribution in [0.25, 0.3) is 10.6 Å². The average molecular weight is 287 g/mol. The molecule has 1 aromatic carbocycles. The molecule has 0 saturated carbocycles. The van der Waals surface area contributed by atoms with E-state index >= 15 is 0 Å². The highest BCUT2D eigenvalue weighted by Gasteiger charge is 2.04. The standard InChI is InChI=1S/C17H21NOS/c1-3-5-6-12-19-15-10-8-14(9-11-15)17-18-13-16(20-17)7-4-2/h5-6,8-11,13H,3-4,7,12H2,1-2H3/b6-5+. The zero-order chi connectivity index (χ0) is 14.2. The number of nitrogens with zero attached hydrogens (tertiary/aromatic N) is 1. The minimum absolute atomic E-state index is 0.630. The van der Waals surface area contributed by atoms with E-state index in [0.717, 1.165) is 29.2 Å². The monoisotopic (exact) mass is 287 g/mol. The normalized spacial score (nSPS) is 11.1. The number of aromatic nitrogens is 1. The minimum Gasteiger partial charge on any atom is -0.490 e. The summed E-state index contributed by atoms with van der Waals surface area (Å²) in [5, 5.41) is 1.09. The predicted octanol–water partition coefficient (Wildman–Crippen LogP) is 5.11. The largest absolute Gasteiger partial charge is 0.490 e. The third-order valence-electron chi connectivity index (χ3n) is 2.90. The zero-order valence-electron chi connectivity index (χ0n) is 12.1. The maximum Gasteiger partial charge on any atom is 0.123 e. The lowest BCUT2D eigenvalue weighted by molar-refractivity contribution is 0.362. The van der Waals surface area contributed by atoms with Crippen molar-refractivity contribution in [3.8, 4) is 16.3 Å². The van der Waals surface area contributed by atoms with Crippen LogP contribution >= 0.6 is 11.3 Å². The number of hydrogen-bond acceptors (Lipinski definition) is 3. The first-order valence-corrected chi connectivity index (χ1v) is 7.98. The average Bonchev–Trinajstić information content (AvgIpc) is 2.93. The predicted molar refractivity (Wildman–Crippen MR) is 86.5 cm³/mol. The van der Waals surface area contributed by atoms with Gasteiger partial charge in [-0.25, -0.2) is 4.98 Å². The van der Waals surface area contributed by atoms with Gasteiger partial charge in [0.15, 0.2) is 0 Å². The van der Waals surface area contributed by atoms with Crippen molar-refractivity contribution in [3.05, 3.63) is 47.5 Å². The van der Waals surface area contributed by atoms with Crippen molar-refractivity contribution in [2.75, 3.05) is 6.61 Å². The van der Waals surface area contributed by atoms with Gasteiger partial charge in [0.05, 0.1) is 0 Å². The number of thiazole rings is 1. The first kappa shape index (κ1) is 14.8. The Morgan fingerprint density at radius 3 is 2.65 bits per heavy atom. The quantitative estimate of drug-likeness (QED) is 0.660. The lowest BCUT2D eigenvalue weighted by Crippen LogP contribution is -1.92. The molecule has 0 bridgehead atoms. The summed E-state index contributed by atoms with van der Waals surface area (Å²) in [5.74, 6) is 0.903. The number of ether oxygens (including phenoxy) is 1. The van der Waals surface area contributed by atoms with Crippen LogP contribution < -0.4 is 4.74 Å². The van der Waals surface area contributed by atoms with Gasteiger partial charge in [0.25, 0.3) is 0 Å². The van der Waals surface area contributed by atoms with E-state index in [4.69, 9.17) is 4.74 Å². The van der Waals surface area contributed by atoms with Crippen LogP contribution in [0.2, 0.25) is 0 Å². The summed E-state index contributed by atoms with van der Waals surface area (Å²) >= 11 is 1.78.